The Balaban J connectivity index is 2.06. The van der Waals surface area contributed by atoms with Crippen LogP contribution in [0.25, 0.3) is 0 Å². The first-order valence-corrected chi connectivity index (χ1v) is 7.08. The molecule has 0 radical (unpaired) electrons. The second-order valence-electron chi connectivity index (χ2n) is 5.18. The van der Waals surface area contributed by atoms with Crippen LogP contribution in [0.5, 0.6) is 0 Å². The summed E-state index contributed by atoms with van der Waals surface area (Å²) in [7, 11) is 0. The number of nitrogen functional groups attached to an aromatic ring is 1. The molecule has 1 amide bonds. The summed E-state index contributed by atoms with van der Waals surface area (Å²) in [6, 6.07) is 8.42. The van der Waals surface area contributed by atoms with E-state index in [0.29, 0.717) is 11.6 Å². The molecule has 4 heteroatoms. The van der Waals surface area contributed by atoms with Crippen molar-refractivity contribution < 1.29 is 4.79 Å². The van der Waals surface area contributed by atoms with Gasteiger partial charge in [-0.05, 0) is 37.1 Å². The fourth-order valence-electron chi connectivity index (χ4n) is 2.90. The second-order valence-corrected chi connectivity index (χ2v) is 5.18. The van der Waals surface area contributed by atoms with Crippen LogP contribution in [0.4, 0.5) is 0 Å². The van der Waals surface area contributed by atoms with Crippen LogP contribution >= 0.6 is 0 Å². The summed E-state index contributed by atoms with van der Waals surface area (Å²) in [4.78, 5) is 14.0. The van der Waals surface area contributed by atoms with E-state index in [1.165, 1.54) is 31.2 Å². The molecule has 0 unspecified atom stereocenters. The third-order valence-electron chi connectivity index (χ3n) is 3.95. The van der Waals surface area contributed by atoms with Crippen molar-refractivity contribution in [3.05, 3.63) is 35.4 Å². The second kappa shape index (κ2) is 6.68. The predicted molar refractivity (Wildman–Crippen MR) is 76.4 cm³/mol. The Morgan fingerprint density at radius 1 is 1.42 bits per heavy atom. The molecule has 1 saturated carbocycles. The van der Waals surface area contributed by atoms with Crippen LogP contribution in [0.1, 0.15) is 48.5 Å². The summed E-state index contributed by atoms with van der Waals surface area (Å²) < 4.78 is 0. The molecule has 0 aliphatic heterocycles. The van der Waals surface area contributed by atoms with Gasteiger partial charge in [0.2, 0.25) is 0 Å². The van der Waals surface area contributed by atoms with Crippen molar-refractivity contribution in [2.75, 3.05) is 6.54 Å². The average Bonchev–Trinajstić information content (AvgIpc) is 2.98. The minimum absolute atomic E-state index is 0.231. The van der Waals surface area contributed by atoms with Crippen LogP contribution in [0, 0.1) is 0 Å². The van der Waals surface area contributed by atoms with Crippen molar-refractivity contribution in [3.63, 3.8) is 0 Å². The molecule has 1 aromatic rings. The lowest BCUT2D eigenvalue weighted by molar-refractivity contribution is 0.0953. The lowest BCUT2D eigenvalue weighted by Crippen LogP contribution is -2.33. The molecule has 104 valence electrons. The predicted octanol–water partition coefficient (Wildman–Crippen LogP) is 2.05. The molecule has 0 heterocycles. The highest BCUT2D eigenvalue weighted by Crippen LogP contribution is 2.24. The zero-order chi connectivity index (χ0) is 13.7. The maximum Gasteiger partial charge on any atom is 0.265 e. The smallest absolute Gasteiger partial charge is 0.265 e. The highest BCUT2D eigenvalue weighted by Gasteiger charge is 2.21. The van der Waals surface area contributed by atoms with Crippen molar-refractivity contribution in [1.82, 2.24) is 10.3 Å². The van der Waals surface area contributed by atoms with Gasteiger partial charge < -0.3 is 0 Å². The number of carbonyl (C=O) groups excluding carboxylic acids is 1. The number of hydrazine groups is 1. The number of nitrogens with one attached hydrogen (secondary N) is 1. The summed E-state index contributed by atoms with van der Waals surface area (Å²) >= 11 is 0. The maximum absolute atomic E-state index is 11.5. The maximum atomic E-state index is 11.5. The third-order valence-corrected chi connectivity index (χ3v) is 3.95. The van der Waals surface area contributed by atoms with Gasteiger partial charge in [0, 0.05) is 18.2 Å². The van der Waals surface area contributed by atoms with Crippen molar-refractivity contribution in [2.45, 2.75) is 45.2 Å². The first kappa shape index (κ1) is 14.0. The van der Waals surface area contributed by atoms with E-state index < -0.39 is 0 Å². The molecule has 1 aromatic carbocycles. The Labute approximate surface area is 114 Å². The largest absolute Gasteiger partial charge is 0.296 e. The van der Waals surface area contributed by atoms with E-state index in [2.05, 4.69) is 23.3 Å². The quantitative estimate of drug-likeness (QED) is 0.484. The van der Waals surface area contributed by atoms with Crippen LogP contribution in [0.3, 0.4) is 0 Å². The first-order chi connectivity index (χ1) is 9.24. The molecule has 19 heavy (non-hydrogen) atoms. The summed E-state index contributed by atoms with van der Waals surface area (Å²) in [5, 5.41) is 0. The zero-order valence-corrected chi connectivity index (χ0v) is 11.6. The van der Waals surface area contributed by atoms with Crippen LogP contribution in [0.15, 0.2) is 24.3 Å². The Kier molecular flexibility index (Phi) is 4.93. The van der Waals surface area contributed by atoms with Crippen molar-refractivity contribution in [3.8, 4) is 0 Å². The third kappa shape index (κ3) is 3.55. The standard InChI is InChI=1S/C15H23N3O/c1-2-18(14-8-3-4-9-14)11-12-6-5-7-13(10-12)15(19)17-16/h5-7,10,14H,2-4,8-9,11,16H2,1H3,(H,17,19). The van der Waals surface area contributed by atoms with Gasteiger partial charge >= 0.3 is 0 Å². The Bertz CT molecular complexity index is 427. The molecule has 2 rings (SSSR count). The van der Waals surface area contributed by atoms with Crippen LogP contribution in [-0.2, 0) is 6.54 Å². The summed E-state index contributed by atoms with van der Waals surface area (Å²) in [5.74, 6) is 4.94. The zero-order valence-electron chi connectivity index (χ0n) is 11.6. The molecule has 3 N–H and O–H groups in total. The van der Waals surface area contributed by atoms with Gasteiger partial charge in [0.05, 0.1) is 0 Å². The van der Waals surface area contributed by atoms with Gasteiger partial charge in [0.1, 0.15) is 0 Å². The number of carbonyl (C=O) groups is 1. The van der Waals surface area contributed by atoms with E-state index in [1.54, 1.807) is 6.07 Å². The minimum atomic E-state index is -0.231. The van der Waals surface area contributed by atoms with E-state index >= 15 is 0 Å². The lowest BCUT2D eigenvalue weighted by atomic mass is 10.1. The van der Waals surface area contributed by atoms with Gasteiger partial charge in [-0.2, -0.15) is 0 Å². The minimum Gasteiger partial charge on any atom is -0.296 e. The first-order valence-electron chi connectivity index (χ1n) is 7.08. The molecular weight excluding hydrogens is 238 g/mol. The monoisotopic (exact) mass is 261 g/mol. The molecule has 0 bridgehead atoms. The van der Waals surface area contributed by atoms with Crippen molar-refractivity contribution in [2.24, 2.45) is 5.84 Å². The fourth-order valence-corrected chi connectivity index (χ4v) is 2.90. The van der Waals surface area contributed by atoms with Gasteiger partial charge in [-0.25, -0.2) is 5.84 Å². The molecule has 0 spiro atoms. The normalized spacial score (nSPS) is 15.9. The van der Waals surface area contributed by atoms with Gasteiger partial charge in [0.25, 0.3) is 5.91 Å². The summed E-state index contributed by atoms with van der Waals surface area (Å²) in [6.07, 6.45) is 5.29. The average molecular weight is 261 g/mol. The molecule has 4 nitrogen and oxygen atoms in total. The Morgan fingerprint density at radius 3 is 2.79 bits per heavy atom. The van der Waals surface area contributed by atoms with Gasteiger partial charge in [-0.3, -0.25) is 15.1 Å². The molecule has 1 aliphatic rings. The molecule has 0 saturated heterocycles. The molecule has 1 fully saturated rings. The number of rotatable bonds is 5. The SMILES string of the molecule is CCN(Cc1cccc(C(=O)NN)c1)C1CCCC1. The van der Waals surface area contributed by atoms with E-state index in [9.17, 15) is 4.79 Å². The Morgan fingerprint density at radius 2 is 2.16 bits per heavy atom. The van der Waals surface area contributed by atoms with E-state index in [0.717, 1.165) is 13.1 Å². The molecular formula is C15H23N3O. The van der Waals surface area contributed by atoms with Crippen molar-refractivity contribution >= 4 is 5.91 Å². The lowest BCUT2D eigenvalue weighted by Gasteiger charge is -2.27. The summed E-state index contributed by atoms with van der Waals surface area (Å²) in [5.41, 5.74) is 3.98. The topological polar surface area (TPSA) is 58.4 Å². The van der Waals surface area contributed by atoms with Crippen LogP contribution in [0.2, 0.25) is 0 Å². The highest BCUT2D eigenvalue weighted by atomic mass is 16.2. The highest BCUT2D eigenvalue weighted by molar-refractivity contribution is 5.93. The van der Waals surface area contributed by atoms with E-state index in [1.807, 2.05) is 12.1 Å². The van der Waals surface area contributed by atoms with Gasteiger partial charge in [-0.1, -0.05) is 31.9 Å². The number of nitrogens with two attached hydrogens (primary N) is 1. The fraction of sp³-hybridized carbons (Fsp3) is 0.533. The van der Waals surface area contributed by atoms with Crippen LogP contribution < -0.4 is 11.3 Å². The molecule has 0 aromatic heterocycles. The summed E-state index contributed by atoms with van der Waals surface area (Å²) in [6.45, 7) is 4.17. The number of nitrogens with zero attached hydrogens (tertiary/aromatic N) is 1. The van der Waals surface area contributed by atoms with Gasteiger partial charge in [-0.15, -0.1) is 0 Å². The number of amides is 1. The number of hydrogen-bond acceptors (Lipinski definition) is 3. The number of benzene rings is 1. The van der Waals surface area contributed by atoms with E-state index in [4.69, 9.17) is 5.84 Å². The Hall–Kier alpha value is -1.39. The van der Waals surface area contributed by atoms with Crippen molar-refractivity contribution in [1.29, 1.82) is 0 Å². The number of hydrogen-bond donors (Lipinski definition) is 2. The molecule has 0 atom stereocenters. The van der Waals surface area contributed by atoms with Crippen LogP contribution in [-0.4, -0.2) is 23.4 Å². The molecule has 1 aliphatic carbocycles. The van der Waals surface area contributed by atoms with E-state index in [-0.39, 0.29) is 5.91 Å². The van der Waals surface area contributed by atoms with Gasteiger partial charge in [0.15, 0.2) is 0 Å².